The van der Waals surface area contributed by atoms with Crippen molar-refractivity contribution in [1.29, 1.82) is 0 Å². The smallest absolute Gasteiger partial charge is 0.191 e. The van der Waals surface area contributed by atoms with E-state index in [-0.39, 0.29) is 24.0 Å². The number of halogens is 1. The molecule has 17 heavy (non-hydrogen) atoms. The summed E-state index contributed by atoms with van der Waals surface area (Å²) in [6.45, 7) is 7.84. The summed E-state index contributed by atoms with van der Waals surface area (Å²) in [6, 6.07) is 4.08. The molecular formula is C12H23IN4. The van der Waals surface area contributed by atoms with Crippen LogP contribution in [0, 0.1) is 0 Å². The summed E-state index contributed by atoms with van der Waals surface area (Å²) in [4.78, 5) is 4.44. The van der Waals surface area contributed by atoms with E-state index in [0.717, 1.165) is 38.6 Å². The van der Waals surface area contributed by atoms with Gasteiger partial charge in [0.15, 0.2) is 5.96 Å². The first-order valence-corrected chi connectivity index (χ1v) is 5.99. The minimum atomic E-state index is 0. The highest BCUT2D eigenvalue weighted by molar-refractivity contribution is 14.0. The first kappa shape index (κ1) is 16.3. The number of hydrogen-bond acceptors (Lipinski definition) is 1. The van der Waals surface area contributed by atoms with Gasteiger partial charge in [0, 0.05) is 38.6 Å². The van der Waals surface area contributed by atoms with Crippen molar-refractivity contribution in [2.24, 2.45) is 4.99 Å². The molecule has 1 heterocycles. The van der Waals surface area contributed by atoms with E-state index in [1.54, 1.807) is 0 Å². The molecule has 1 aromatic heterocycles. The van der Waals surface area contributed by atoms with Crippen LogP contribution in [0.4, 0.5) is 0 Å². The molecule has 0 aliphatic rings. The normalized spacial score (nSPS) is 10.8. The average Bonchev–Trinajstić information content (AvgIpc) is 2.79. The van der Waals surface area contributed by atoms with E-state index in [2.05, 4.69) is 46.4 Å². The minimum absolute atomic E-state index is 0. The van der Waals surface area contributed by atoms with Crippen LogP contribution in [-0.4, -0.2) is 30.2 Å². The maximum absolute atomic E-state index is 4.44. The highest BCUT2D eigenvalue weighted by Crippen LogP contribution is 1.88. The van der Waals surface area contributed by atoms with Gasteiger partial charge in [-0.15, -0.1) is 24.0 Å². The summed E-state index contributed by atoms with van der Waals surface area (Å²) in [7, 11) is 0. The second-order valence-corrected chi connectivity index (χ2v) is 3.61. The van der Waals surface area contributed by atoms with Crippen LogP contribution < -0.4 is 10.6 Å². The van der Waals surface area contributed by atoms with Crippen molar-refractivity contribution in [1.82, 2.24) is 15.2 Å². The van der Waals surface area contributed by atoms with Crippen molar-refractivity contribution < 1.29 is 0 Å². The largest absolute Gasteiger partial charge is 0.357 e. The van der Waals surface area contributed by atoms with Crippen LogP contribution in [0.5, 0.6) is 0 Å². The molecular weight excluding hydrogens is 327 g/mol. The third-order valence-electron chi connectivity index (χ3n) is 2.17. The molecule has 0 saturated heterocycles. The number of aromatic nitrogens is 1. The Labute approximate surface area is 121 Å². The van der Waals surface area contributed by atoms with Gasteiger partial charge in [0.2, 0.25) is 0 Å². The van der Waals surface area contributed by atoms with Gasteiger partial charge in [-0.1, -0.05) is 6.92 Å². The predicted octanol–water partition coefficient (Wildman–Crippen LogP) is 2.07. The van der Waals surface area contributed by atoms with E-state index in [1.165, 1.54) is 0 Å². The molecule has 0 spiro atoms. The Kier molecular flexibility index (Phi) is 9.99. The number of aliphatic imine (C=N–C) groups is 1. The van der Waals surface area contributed by atoms with Gasteiger partial charge in [-0.3, -0.25) is 4.99 Å². The highest BCUT2D eigenvalue weighted by Gasteiger charge is 1.95. The topological polar surface area (TPSA) is 41.4 Å². The fraction of sp³-hybridized carbons (Fsp3) is 0.583. The predicted molar refractivity (Wildman–Crippen MR) is 84.1 cm³/mol. The lowest BCUT2D eigenvalue weighted by Gasteiger charge is -2.11. The van der Waals surface area contributed by atoms with E-state index in [9.17, 15) is 0 Å². The Bertz CT molecular complexity index is 295. The SMILES string of the molecule is CCCN=C(NCC)NCCn1cccc1.I. The van der Waals surface area contributed by atoms with Crippen molar-refractivity contribution in [3.63, 3.8) is 0 Å². The molecule has 0 atom stereocenters. The first-order chi connectivity index (χ1) is 7.86. The number of nitrogens with zero attached hydrogens (tertiary/aromatic N) is 2. The van der Waals surface area contributed by atoms with Crippen LogP contribution in [0.2, 0.25) is 0 Å². The fourth-order valence-corrected chi connectivity index (χ4v) is 1.39. The number of guanidine groups is 1. The third kappa shape index (κ3) is 7.25. The number of nitrogens with one attached hydrogen (secondary N) is 2. The van der Waals surface area contributed by atoms with Crippen molar-refractivity contribution in [2.75, 3.05) is 19.6 Å². The van der Waals surface area contributed by atoms with Crippen LogP contribution in [0.15, 0.2) is 29.5 Å². The van der Waals surface area contributed by atoms with Crippen LogP contribution in [0.1, 0.15) is 20.3 Å². The second kappa shape index (κ2) is 10.4. The summed E-state index contributed by atoms with van der Waals surface area (Å²) in [5, 5.41) is 6.54. The molecule has 0 fully saturated rings. The molecule has 0 aromatic carbocycles. The van der Waals surface area contributed by atoms with E-state index in [4.69, 9.17) is 0 Å². The van der Waals surface area contributed by atoms with Gasteiger partial charge in [-0.05, 0) is 25.5 Å². The van der Waals surface area contributed by atoms with E-state index < -0.39 is 0 Å². The van der Waals surface area contributed by atoms with E-state index in [1.807, 2.05) is 12.1 Å². The minimum Gasteiger partial charge on any atom is -0.357 e. The first-order valence-electron chi connectivity index (χ1n) is 5.99. The zero-order valence-electron chi connectivity index (χ0n) is 10.6. The van der Waals surface area contributed by atoms with Crippen LogP contribution in [0.3, 0.4) is 0 Å². The van der Waals surface area contributed by atoms with Crippen molar-refractivity contribution >= 4 is 29.9 Å². The molecule has 0 bridgehead atoms. The fourth-order valence-electron chi connectivity index (χ4n) is 1.39. The van der Waals surface area contributed by atoms with Crippen molar-refractivity contribution in [3.8, 4) is 0 Å². The van der Waals surface area contributed by atoms with Crippen molar-refractivity contribution in [2.45, 2.75) is 26.8 Å². The van der Waals surface area contributed by atoms with Gasteiger partial charge < -0.3 is 15.2 Å². The molecule has 2 N–H and O–H groups in total. The Balaban J connectivity index is 0.00000256. The van der Waals surface area contributed by atoms with Crippen LogP contribution >= 0.6 is 24.0 Å². The maximum Gasteiger partial charge on any atom is 0.191 e. The van der Waals surface area contributed by atoms with Crippen LogP contribution in [0.25, 0.3) is 0 Å². The molecule has 98 valence electrons. The van der Waals surface area contributed by atoms with Gasteiger partial charge in [-0.2, -0.15) is 0 Å². The second-order valence-electron chi connectivity index (χ2n) is 3.61. The summed E-state index contributed by atoms with van der Waals surface area (Å²) in [5.74, 6) is 0.913. The molecule has 5 heteroatoms. The number of hydrogen-bond donors (Lipinski definition) is 2. The Morgan fingerprint density at radius 1 is 1.18 bits per heavy atom. The molecule has 0 aliphatic carbocycles. The zero-order valence-corrected chi connectivity index (χ0v) is 13.0. The monoisotopic (exact) mass is 350 g/mol. The van der Waals surface area contributed by atoms with Crippen LogP contribution in [-0.2, 0) is 6.54 Å². The van der Waals surface area contributed by atoms with E-state index >= 15 is 0 Å². The third-order valence-corrected chi connectivity index (χ3v) is 2.17. The van der Waals surface area contributed by atoms with Gasteiger partial charge in [0.1, 0.15) is 0 Å². The lowest BCUT2D eigenvalue weighted by molar-refractivity contribution is 0.665. The van der Waals surface area contributed by atoms with Gasteiger partial charge in [0.25, 0.3) is 0 Å². The molecule has 0 amide bonds. The Morgan fingerprint density at radius 3 is 2.47 bits per heavy atom. The summed E-state index contributed by atoms with van der Waals surface area (Å²) in [6.07, 6.45) is 5.21. The lowest BCUT2D eigenvalue weighted by Crippen LogP contribution is -2.38. The molecule has 1 rings (SSSR count). The molecule has 4 nitrogen and oxygen atoms in total. The summed E-state index contributed by atoms with van der Waals surface area (Å²) < 4.78 is 2.15. The van der Waals surface area contributed by atoms with Gasteiger partial charge in [-0.25, -0.2) is 0 Å². The molecule has 0 saturated carbocycles. The average molecular weight is 350 g/mol. The highest BCUT2D eigenvalue weighted by atomic mass is 127. The van der Waals surface area contributed by atoms with Gasteiger partial charge in [0.05, 0.1) is 0 Å². The molecule has 0 radical (unpaired) electrons. The number of rotatable bonds is 6. The van der Waals surface area contributed by atoms with E-state index in [0.29, 0.717) is 0 Å². The molecule has 0 unspecified atom stereocenters. The quantitative estimate of drug-likeness (QED) is 0.469. The van der Waals surface area contributed by atoms with Crippen molar-refractivity contribution in [3.05, 3.63) is 24.5 Å². The standard InChI is InChI=1S/C12H22N4.HI/c1-3-7-14-12(13-4-2)15-8-11-16-9-5-6-10-16;/h5-6,9-10H,3-4,7-8,11H2,1-2H3,(H2,13,14,15);1H. The summed E-state index contributed by atoms with van der Waals surface area (Å²) >= 11 is 0. The Hall–Kier alpha value is -0.720. The van der Waals surface area contributed by atoms with Gasteiger partial charge >= 0.3 is 0 Å². The Morgan fingerprint density at radius 2 is 1.88 bits per heavy atom. The maximum atomic E-state index is 4.44. The molecule has 0 aliphatic heterocycles. The summed E-state index contributed by atoms with van der Waals surface area (Å²) in [5.41, 5.74) is 0. The lowest BCUT2D eigenvalue weighted by atomic mass is 10.5. The zero-order chi connectivity index (χ0) is 11.6. The molecule has 1 aromatic rings.